The first-order chi connectivity index (χ1) is 45.3. The molecule has 4 aliphatic rings. The second-order valence-corrected chi connectivity index (χ2v) is 26.5. The third-order valence-electron chi connectivity index (χ3n) is 18.5. The van der Waals surface area contributed by atoms with Crippen molar-refractivity contribution in [2.75, 3.05) is 33.0 Å². The number of hydrogen-bond donors (Lipinski definition) is 15. The summed E-state index contributed by atoms with van der Waals surface area (Å²) >= 11 is 0. The molecule has 0 aromatic heterocycles. The molecular weight excluding hydrogens is 1230 g/mol. The predicted molar refractivity (Wildman–Crippen MR) is 347 cm³/mol. The maximum Gasteiger partial charge on any atom is 0.220 e. The van der Waals surface area contributed by atoms with Gasteiger partial charge in [-0.3, -0.25) is 14.4 Å². The quantitative estimate of drug-likeness (QED) is 0.0306. The molecule has 4 saturated heterocycles. The third kappa shape index (κ3) is 29.3. The molecule has 4 rings (SSSR count). The van der Waals surface area contributed by atoms with Crippen LogP contribution in [-0.2, 0) is 52.3 Å². The molecule has 15 N–H and O–H groups in total. The highest BCUT2D eigenvalue weighted by molar-refractivity contribution is 5.76. The molecule has 550 valence electrons. The van der Waals surface area contributed by atoms with Crippen LogP contribution in [0.25, 0.3) is 0 Å². The number of rotatable bonds is 50. The van der Waals surface area contributed by atoms with E-state index in [9.17, 15) is 75.7 Å². The third-order valence-corrected chi connectivity index (χ3v) is 18.5. The van der Waals surface area contributed by atoms with Crippen molar-refractivity contribution in [1.29, 1.82) is 0 Å². The summed E-state index contributed by atoms with van der Waals surface area (Å²) in [5, 5.41) is 141. The fourth-order valence-electron chi connectivity index (χ4n) is 12.8. The standard InChI is InChI=1S/C68H125N3O23/c1-5-7-9-11-13-15-17-19-20-21-22-23-24-26-28-30-32-34-36-38-52(79)71-46(47(78)37-35-33-31-29-27-25-18-16-14-12-10-8-6-2)43-87-67-60(85)59(84)62(50(41-74)90-67)92-68-61(86)64(94-66-54(70-45(4)77)58(83)56(81)49(40-73)89-66)63(51(42-75)91-68)93-65-53(69-44(3)76)57(82)55(80)48(39-72)88-65/h35,37,46-51,53-68,72-75,78,80-86H,5-34,36,38-43H2,1-4H3,(H,69,76)(H,70,77)(H,71,79)/b37-35+/t46-,47+,48?,49?,50?,51?,53?,54?,55-,56+,57+,58+,59+,60?,61?,62+,63-,64+,65-,66-,67+,68-/m0/s1. The molecule has 4 fully saturated rings. The number of nitrogens with one attached hydrogen (secondary N) is 3. The van der Waals surface area contributed by atoms with E-state index in [2.05, 4.69) is 29.8 Å². The van der Waals surface area contributed by atoms with Gasteiger partial charge in [0.1, 0.15) is 97.5 Å². The van der Waals surface area contributed by atoms with Gasteiger partial charge in [0.05, 0.1) is 45.2 Å². The van der Waals surface area contributed by atoms with Crippen molar-refractivity contribution in [1.82, 2.24) is 16.0 Å². The van der Waals surface area contributed by atoms with E-state index >= 15 is 0 Å². The molecule has 0 aliphatic carbocycles. The number of unbranched alkanes of at least 4 members (excludes halogenated alkanes) is 29. The lowest BCUT2D eigenvalue weighted by Gasteiger charge is -2.51. The van der Waals surface area contributed by atoms with Gasteiger partial charge >= 0.3 is 0 Å². The van der Waals surface area contributed by atoms with Crippen LogP contribution in [0.15, 0.2) is 12.2 Å². The Balaban J connectivity index is 1.43. The van der Waals surface area contributed by atoms with Gasteiger partial charge in [0.2, 0.25) is 17.7 Å². The molecule has 3 amide bonds. The Hall–Kier alpha value is -2.65. The van der Waals surface area contributed by atoms with E-state index in [1.54, 1.807) is 6.08 Å². The Morgan fingerprint density at radius 3 is 1.19 bits per heavy atom. The highest BCUT2D eigenvalue weighted by Crippen LogP contribution is 2.36. The van der Waals surface area contributed by atoms with E-state index in [4.69, 9.17) is 37.9 Å². The Labute approximate surface area is 558 Å². The lowest BCUT2D eigenvalue weighted by atomic mass is 9.94. The van der Waals surface area contributed by atoms with E-state index in [1.807, 2.05) is 6.08 Å². The van der Waals surface area contributed by atoms with Gasteiger partial charge in [0, 0.05) is 20.3 Å². The van der Waals surface area contributed by atoms with Gasteiger partial charge in [-0.05, 0) is 19.3 Å². The van der Waals surface area contributed by atoms with Crippen molar-refractivity contribution in [3.8, 4) is 0 Å². The first-order valence-electron chi connectivity index (χ1n) is 35.9. The van der Waals surface area contributed by atoms with Gasteiger partial charge in [-0.1, -0.05) is 206 Å². The Morgan fingerprint density at radius 1 is 0.415 bits per heavy atom. The number of carbonyl (C=O) groups excluding carboxylic acids is 3. The zero-order valence-electron chi connectivity index (χ0n) is 56.9. The zero-order chi connectivity index (χ0) is 68.8. The minimum Gasteiger partial charge on any atom is -0.394 e. The van der Waals surface area contributed by atoms with Crippen LogP contribution < -0.4 is 16.0 Å². The van der Waals surface area contributed by atoms with Gasteiger partial charge in [-0.15, -0.1) is 0 Å². The minimum absolute atomic E-state index is 0.198. The largest absolute Gasteiger partial charge is 0.394 e. The highest BCUT2D eigenvalue weighted by atomic mass is 16.8. The summed E-state index contributed by atoms with van der Waals surface area (Å²) in [4.78, 5) is 38.4. The van der Waals surface area contributed by atoms with Crippen molar-refractivity contribution in [3.63, 3.8) is 0 Å². The summed E-state index contributed by atoms with van der Waals surface area (Å²) in [6, 6.07) is -4.26. The molecule has 0 aromatic carbocycles. The first kappa shape index (κ1) is 83.8. The number of carbonyl (C=O) groups is 3. The van der Waals surface area contributed by atoms with Gasteiger partial charge in [0.15, 0.2) is 25.2 Å². The highest BCUT2D eigenvalue weighted by Gasteiger charge is 2.57. The van der Waals surface area contributed by atoms with Crippen molar-refractivity contribution in [2.45, 2.75) is 368 Å². The van der Waals surface area contributed by atoms with Gasteiger partial charge in [-0.2, -0.15) is 0 Å². The van der Waals surface area contributed by atoms with Crippen LogP contribution in [0.4, 0.5) is 0 Å². The molecule has 94 heavy (non-hydrogen) atoms. The van der Waals surface area contributed by atoms with E-state index in [0.29, 0.717) is 12.8 Å². The summed E-state index contributed by atoms with van der Waals surface area (Å²) in [7, 11) is 0. The maximum absolute atomic E-state index is 13.5. The van der Waals surface area contributed by atoms with Gasteiger partial charge < -0.3 is 115 Å². The van der Waals surface area contributed by atoms with E-state index in [1.165, 1.54) is 141 Å². The number of aliphatic hydroxyl groups is 12. The second kappa shape index (κ2) is 48.2. The lowest BCUT2D eigenvalue weighted by Crippen LogP contribution is -2.70. The van der Waals surface area contributed by atoms with Crippen LogP contribution in [-0.4, -0.2) is 247 Å². The Kier molecular flexibility index (Phi) is 42.9. The molecule has 0 bridgehead atoms. The molecule has 26 heteroatoms. The molecular formula is C68H125N3O23. The first-order valence-corrected chi connectivity index (χ1v) is 35.9. The second-order valence-electron chi connectivity index (χ2n) is 26.5. The lowest BCUT2D eigenvalue weighted by molar-refractivity contribution is -0.391. The Morgan fingerprint density at radius 2 is 0.777 bits per heavy atom. The van der Waals surface area contributed by atoms with Crippen LogP contribution in [0.1, 0.15) is 233 Å². The molecule has 8 unspecified atom stereocenters. The van der Waals surface area contributed by atoms with E-state index in [-0.39, 0.29) is 12.3 Å². The van der Waals surface area contributed by atoms with Crippen LogP contribution in [0.2, 0.25) is 0 Å². The smallest absolute Gasteiger partial charge is 0.220 e. The molecule has 0 aromatic rings. The SMILES string of the molecule is CCCCCCCCCCCCC/C=C/[C@@H](O)[C@H](CO[C@@H]1OC(CO)[C@@H](O[C@@H]2OC(CO)[C@H](O[C@@H]3OC(CO)[C@H](O)[C@H](O)C3NC(C)=O)[C@H](O[C@@H]3OC(CO)[C@@H](O)[C@H](O)C3NC(C)=O)C2O)[C@H](O)C1O)NC(=O)CCCCCCCCCCCCCCCCCCCCC. The monoisotopic (exact) mass is 1350 g/mol. The molecule has 0 saturated carbocycles. The van der Waals surface area contributed by atoms with Gasteiger partial charge in [-0.25, -0.2) is 0 Å². The zero-order valence-corrected chi connectivity index (χ0v) is 56.9. The summed E-state index contributed by atoms with van der Waals surface area (Å²) in [6.07, 6.45) is 6.65. The molecule has 4 aliphatic heterocycles. The van der Waals surface area contributed by atoms with Crippen LogP contribution in [0.3, 0.4) is 0 Å². The van der Waals surface area contributed by atoms with Crippen LogP contribution >= 0.6 is 0 Å². The number of hydrogen-bond acceptors (Lipinski definition) is 23. The average Bonchev–Trinajstić information content (AvgIpc) is 0.772. The maximum atomic E-state index is 13.5. The molecule has 26 nitrogen and oxygen atoms in total. The Bertz CT molecular complexity index is 2020. The average molecular weight is 1350 g/mol. The molecule has 0 spiro atoms. The van der Waals surface area contributed by atoms with Crippen molar-refractivity contribution < 1.29 is 114 Å². The normalized spacial score (nSPS) is 32.1. The number of allylic oxidation sites excluding steroid dienone is 1. The molecule has 22 atom stereocenters. The summed E-state index contributed by atoms with van der Waals surface area (Å²) in [5.41, 5.74) is 0. The van der Waals surface area contributed by atoms with Crippen molar-refractivity contribution in [3.05, 3.63) is 12.2 Å². The number of aliphatic hydroxyl groups excluding tert-OH is 12. The molecule has 0 radical (unpaired) electrons. The van der Waals surface area contributed by atoms with E-state index in [0.717, 1.165) is 58.8 Å². The fourth-order valence-corrected chi connectivity index (χ4v) is 12.8. The topological polar surface area (TPSA) is 404 Å². The summed E-state index contributed by atoms with van der Waals surface area (Å²) < 4.78 is 48.2. The van der Waals surface area contributed by atoms with Crippen LogP contribution in [0.5, 0.6) is 0 Å². The molecule has 4 heterocycles. The predicted octanol–water partition coefficient (Wildman–Crippen LogP) is 3.49. The summed E-state index contributed by atoms with van der Waals surface area (Å²) in [6.45, 7) is 2.55. The van der Waals surface area contributed by atoms with Gasteiger partial charge in [0.25, 0.3) is 0 Å². The van der Waals surface area contributed by atoms with Crippen LogP contribution in [0, 0.1) is 0 Å². The minimum atomic E-state index is -2.18. The summed E-state index contributed by atoms with van der Waals surface area (Å²) in [5.74, 6) is -1.80. The van der Waals surface area contributed by atoms with Crippen molar-refractivity contribution >= 4 is 17.7 Å². The van der Waals surface area contributed by atoms with E-state index < -0.39 is 180 Å². The number of amides is 3. The fraction of sp³-hybridized carbons (Fsp3) is 0.926. The number of ether oxygens (including phenoxy) is 8. The van der Waals surface area contributed by atoms with Crippen molar-refractivity contribution in [2.24, 2.45) is 0 Å².